The molecule has 1 aliphatic rings. The van der Waals surface area contributed by atoms with Gasteiger partial charge in [0.1, 0.15) is 5.57 Å². The average Bonchev–Trinajstić information content (AvgIpc) is 3.14. The molecule has 0 bridgehead atoms. The first-order valence-corrected chi connectivity index (χ1v) is 10.6. The third kappa shape index (κ3) is 3.60. The van der Waals surface area contributed by atoms with Gasteiger partial charge in [-0.15, -0.1) is 0 Å². The number of amides is 2. The van der Waals surface area contributed by atoms with Gasteiger partial charge in [0.05, 0.1) is 11.4 Å². The molecule has 2 amide bonds. The highest BCUT2D eigenvalue weighted by atomic mass is 16.3. The van der Waals surface area contributed by atoms with Gasteiger partial charge in [-0.1, -0.05) is 32.0 Å². The maximum absolute atomic E-state index is 13.5. The predicted octanol–water partition coefficient (Wildman–Crippen LogP) is 2.55. The second kappa shape index (κ2) is 8.07. The number of carbonyl (C=O) groups is 2. The molecule has 1 aliphatic heterocycles. The monoisotopic (exact) mass is 430 g/mol. The van der Waals surface area contributed by atoms with Crippen LogP contribution < -0.4 is 9.67 Å². The van der Waals surface area contributed by atoms with E-state index >= 15 is 0 Å². The SMILES string of the molecule is Cc1cc(C)c[n+](C2=C(c3c(C)nn(-c4ccccc4)c3[O-])C(=O)N(CC(C)C)C2=O)c1. The first-order chi connectivity index (χ1) is 15.2. The van der Waals surface area contributed by atoms with E-state index in [1.807, 2.05) is 52.0 Å². The van der Waals surface area contributed by atoms with Crippen LogP contribution in [0.4, 0.5) is 0 Å². The topological polar surface area (TPSA) is 82.1 Å². The van der Waals surface area contributed by atoms with Crippen LogP contribution in [0.15, 0.2) is 48.8 Å². The summed E-state index contributed by atoms with van der Waals surface area (Å²) < 4.78 is 2.95. The second-order valence-electron chi connectivity index (χ2n) is 8.65. The minimum atomic E-state index is -0.460. The Balaban J connectivity index is 1.98. The third-order valence-corrected chi connectivity index (χ3v) is 5.36. The van der Waals surface area contributed by atoms with E-state index in [4.69, 9.17) is 0 Å². The van der Waals surface area contributed by atoms with Gasteiger partial charge in [-0.2, -0.15) is 9.67 Å². The molecule has 0 N–H and O–H groups in total. The number of aryl methyl sites for hydroxylation is 3. The number of pyridine rings is 1. The molecule has 0 saturated carbocycles. The molecule has 32 heavy (non-hydrogen) atoms. The van der Waals surface area contributed by atoms with Crippen molar-refractivity contribution < 1.29 is 19.3 Å². The van der Waals surface area contributed by atoms with Gasteiger partial charge in [-0.25, -0.2) is 4.68 Å². The molecule has 3 aromatic rings. The summed E-state index contributed by atoms with van der Waals surface area (Å²) in [6, 6.07) is 11.0. The van der Waals surface area contributed by atoms with Gasteiger partial charge in [0.25, 0.3) is 11.6 Å². The number of carbonyl (C=O) groups excluding carboxylic acids is 2. The van der Waals surface area contributed by atoms with Crippen molar-refractivity contribution in [3.63, 3.8) is 0 Å². The molecule has 0 spiro atoms. The number of aromatic nitrogens is 3. The lowest BCUT2D eigenvalue weighted by Gasteiger charge is -2.17. The van der Waals surface area contributed by atoms with Crippen LogP contribution in [0.3, 0.4) is 0 Å². The first kappa shape index (κ1) is 21.5. The third-order valence-electron chi connectivity index (χ3n) is 5.36. The van der Waals surface area contributed by atoms with Gasteiger partial charge in [0.2, 0.25) is 0 Å². The molecule has 2 aromatic heterocycles. The average molecular weight is 431 g/mol. The molecule has 0 atom stereocenters. The van der Waals surface area contributed by atoms with E-state index in [-0.39, 0.29) is 29.3 Å². The minimum absolute atomic E-state index is 0.0904. The number of hydrogen-bond donors (Lipinski definition) is 0. The van der Waals surface area contributed by atoms with Crippen molar-refractivity contribution in [3.8, 4) is 11.6 Å². The molecule has 7 nitrogen and oxygen atoms in total. The van der Waals surface area contributed by atoms with Crippen LogP contribution in [0.1, 0.15) is 36.2 Å². The Morgan fingerprint density at radius 1 is 1.00 bits per heavy atom. The minimum Gasteiger partial charge on any atom is -0.858 e. The lowest BCUT2D eigenvalue weighted by Crippen LogP contribution is -2.41. The molecular weight excluding hydrogens is 404 g/mol. The smallest absolute Gasteiger partial charge is 0.326 e. The van der Waals surface area contributed by atoms with Gasteiger partial charge >= 0.3 is 5.91 Å². The van der Waals surface area contributed by atoms with E-state index in [2.05, 4.69) is 5.10 Å². The van der Waals surface area contributed by atoms with Gasteiger partial charge in [0.15, 0.2) is 12.4 Å². The van der Waals surface area contributed by atoms with E-state index in [1.165, 1.54) is 9.58 Å². The summed E-state index contributed by atoms with van der Waals surface area (Å²) in [7, 11) is 0. The second-order valence-corrected chi connectivity index (χ2v) is 8.65. The maximum atomic E-state index is 13.5. The van der Waals surface area contributed by atoms with E-state index in [0.29, 0.717) is 11.4 Å². The van der Waals surface area contributed by atoms with E-state index in [0.717, 1.165) is 11.1 Å². The summed E-state index contributed by atoms with van der Waals surface area (Å²) in [6.07, 6.45) is 3.60. The Morgan fingerprint density at radius 2 is 1.62 bits per heavy atom. The fourth-order valence-electron chi connectivity index (χ4n) is 4.14. The maximum Gasteiger partial charge on any atom is 0.326 e. The van der Waals surface area contributed by atoms with Gasteiger partial charge in [0, 0.05) is 23.2 Å². The Labute approximate surface area is 187 Å². The van der Waals surface area contributed by atoms with Crippen molar-refractivity contribution in [1.82, 2.24) is 14.7 Å². The normalized spacial score (nSPS) is 14.2. The Kier molecular flexibility index (Phi) is 5.42. The first-order valence-electron chi connectivity index (χ1n) is 10.6. The number of rotatable bonds is 5. The Morgan fingerprint density at radius 3 is 2.22 bits per heavy atom. The van der Waals surface area contributed by atoms with E-state index < -0.39 is 17.7 Å². The summed E-state index contributed by atoms with van der Waals surface area (Å²) in [5.41, 5.74) is 3.36. The van der Waals surface area contributed by atoms with Gasteiger partial charge in [-0.3, -0.25) is 14.5 Å². The summed E-state index contributed by atoms with van der Waals surface area (Å²) >= 11 is 0. The van der Waals surface area contributed by atoms with Crippen LogP contribution in [0.2, 0.25) is 0 Å². The Bertz CT molecular complexity index is 1240. The summed E-state index contributed by atoms with van der Waals surface area (Å²) in [4.78, 5) is 28.2. The molecule has 3 heterocycles. The fourth-order valence-corrected chi connectivity index (χ4v) is 4.14. The zero-order chi connectivity index (χ0) is 23.2. The Hall–Kier alpha value is -3.74. The lowest BCUT2D eigenvalue weighted by atomic mass is 10.0. The fraction of sp³-hybridized carbons (Fsp3) is 0.280. The molecule has 0 radical (unpaired) electrons. The lowest BCUT2D eigenvalue weighted by molar-refractivity contribution is -0.577. The number of hydrogen-bond acceptors (Lipinski definition) is 4. The highest BCUT2D eigenvalue weighted by molar-refractivity contribution is 6.44. The summed E-state index contributed by atoms with van der Waals surface area (Å²) in [5.74, 6) is -1.19. The molecule has 164 valence electrons. The van der Waals surface area contributed by atoms with E-state index in [1.54, 1.807) is 36.0 Å². The molecule has 0 saturated heterocycles. The van der Waals surface area contributed by atoms with Crippen LogP contribution >= 0.6 is 0 Å². The van der Waals surface area contributed by atoms with Crippen molar-refractivity contribution in [2.45, 2.75) is 34.6 Å². The van der Waals surface area contributed by atoms with Gasteiger partial charge < -0.3 is 5.11 Å². The van der Waals surface area contributed by atoms with Gasteiger partial charge in [-0.05, 0) is 50.8 Å². The van der Waals surface area contributed by atoms with Crippen LogP contribution in [0.25, 0.3) is 17.0 Å². The zero-order valence-corrected chi connectivity index (χ0v) is 18.9. The molecule has 0 aliphatic carbocycles. The van der Waals surface area contributed by atoms with Crippen LogP contribution in [0.5, 0.6) is 5.88 Å². The van der Waals surface area contributed by atoms with E-state index in [9.17, 15) is 14.7 Å². The van der Waals surface area contributed by atoms with Crippen molar-refractivity contribution in [3.05, 3.63) is 71.2 Å². The van der Waals surface area contributed by atoms with Crippen molar-refractivity contribution in [2.75, 3.05) is 6.54 Å². The number of imide groups is 1. The largest absolute Gasteiger partial charge is 0.858 e. The number of benzene rings is 1. The van der Waals surface area contributed by atoms with Crippen LogP contribution in [-0.4, -0.2) is 33.0 Å². The summed E-state index contributed by atoms with van der Waals surface area (Å²) in [5, 5.41) is 17.9. The van der Waals surface area contributed by atoms with Crippen LogP contribution in [0, 0.1) is 26.7 Å². The quantitative estimate of drug-likeness (QED) is 0.460. The molecule has 0 fully saturated rings. The summed E-state index contributed by atoms with van der Waals surface area (Å²) in [6.45, 7) is 9.70. The highest BCUT2D eigenvalue weighted by Crippen LogP contribution is 2.36. The number of nitrogens with zero attached hydrogens (tertiary/aromatic N) is 4. The zero-order valence-electron chi connectivity index (χ0n) is 18.9. The van der Waals surface area contributed by atoms with Crippen LogP contribution in [-0.2, 0) is 9.59 Å². The molecular formula is C25H26N4O3. The standard InChI is InChI=1S/C25H26N4O3/c1-15(2)12-28-23(30)21(22(25(28)32)27-13-16(3)11-17(4)14-27)20-18(5)26-29(24(20)31)19-9-7-6-8-10-19/h6-11,13-15H,12H2,1-5H3. The molecule has 4 rings (SSSR count). The molecule has 1 aromatic carbocycles. The highest BCUT2D eigenvalue weighted by Gasteiger charge is 2.46. The van der Waals surface area contributed by atoms with Crippen molar-refractivity contribution in [1.29, 1.82) is 0 Å². The predicted molar refractivity (Wildman–Crippen MR) is 119 cm³/mol. The van der Waals surface area contributed by atoms with Crippen molar-refractivity contribution >= 4 is 23.1 Å². The molecule has 0 unspecified atom stereocenters. The van der Waals surface area contributed by atoms with Crippen molar-refractivity contribution in [2.24, 2.45) is 5.92 Å². The number of para-hydroxylation sites is 1. The molecule has 7 heteroatoms.